The summed E-state index contributed by atoms with van der Waals surface area (Å²) in [5.74, 6) is -0.123. The largest absolute Gasteiger partial charge is 0.462 e. The molecule has 1 aliphatic heterocycles. The number of aromatic nitrogens is 2. The van der Waals surface area contributed by atoms with Crippen LogP contribution in [-0.4, -0.2) is 60.2 Å². The molecule has 0 unspecified atom stereocenters. The van der Waals surface area contributed by atoms with E-state index in [0.717, 1.165) is 32.7 Å². The highest BCUT2D eigenvalue weighted by Gasteiger charge is 2.19. The summed E-state index contributed by atoms with van der Waals surface area (Å²) in [5.41, 5.74) is -0.505. The Labute approximate surface area is 129 Å². The molecule has 0 amide bonds. The molecule has 7 nitrogen and oxygen atoms in total. The number of nitrogens with one attached hydrogen (secondary N) is 1. The van der Waals surface area contributed by atoms with E-state index < -0.39 is 11.5 Å². The summed E-state index contributed by atoms with van der Waals surface area (Å²) in [6.45, 7) is 8.61. The predicted octanol–water partition coefficient (Wildman–Crippen LogP) is 0.510. The maximum absolute atomic E-state index is 11.9. The van der Waals surface area contributed by atoms with Crippen LogP contribution in [-0.2, 0) is 4.74 Å². The number of piperazine rings is 1. The summed E-state index contributed by atoms with van der Waals surface area (Å²) in [6.07, 6.45) is 1.29. The molecule has 0 bridgehead atoms. The third kappa shape index (κ3) is 4.18. The van der Waals surface area contributed by atoms with Gasteiger partial charge in [-0.3, -0.25) is 9.78 Å². The number of esters is 1. The van der Waals surface area contributed by atoms with Crippen molar-refractivity contribution in [1.29, 1.82) is 0 Å². The Morgan fingerprint density at radius 3 is 2.52 bits per heavy atom. The van der Waals surface area contributed by atoms with Gasteiger partial charge in [-0.1, -0.05) is 6.92 Å². The second-order valence-corrected chi connectivity index (χ2v) is 4.59. The van der Waals surface area contributed by atoms with E-state index in [1.54, 1.807) is 6.92 Å². The summed E-state index contributed by atoms with van der Waals surface area (Å²) in [4.78, 5) is 34.6. The molecule has 1 fully saturated rings. The number of hydrogen-bond donors (Lipinski definition) is 1. The third-order valence-electron chi connectivity index (χ3n) is 3.40. The van der Waals surface area contributed by atoms with Gasteiger partial charge in [0, 0.05) is 26.2 Å². The van der Waals surface area contributed by atoms with Crippen molar-refractivity contribution >= 4 is 24.3 Å². The van der Waals surface area contributed by atoms with Crippen molar-refractivity contribution in [2.24, 2.45) is 0 Å². The fraction of sp³-hybridized carbons (Fsp3) is 0.615. The molecule has 1 N–H and O–H groups in total. The van der Waals surface area contributed by atoms with Crippen molar-refractivity contribution in [3.05, 3.63) is 22.1 Å². The molecule has 0 aromatic carbocycles. The second-order valence-electron chi connectivity index (χ2n) is 4.59. The number of carbonyl (C=O) groups excluding carboxylic acids is 1. The monoisotopic (exact) mass is 316 g/mol. The zero-order valence-electron chi connectivity index (χ0n) is 12.3. The fourth-order valence-corrected chi connectivity index (χ4v) is 2.18. The minimum absolute atomic E-state index is 0. The highest BCUT2D eigenvalue weighted by molar-refractivity contribution is 5.88. The highest BCUT2D eigenvalue weighted by atomic mass is 35.5. The van der Waals surface area contributed by atoms with Crippen LogP contribution in [0.1, 0.15) is 24.2 Å². The van der Waals surface area contributed by atoms with Crippen LogP contribution >= 0.6 is 12.4 Å². The van der Waals surface area contributed by atoms with Gasteiger partial charge in [-0.05, 0) is 13.5 Å². The summed E-state index contributed by atoms with van der Waals surface area (Å²) >= 11 is 0. The Kier molecular flexibility index (Phi) is 6.64. The number of H-pyrrole nitrogens is 1. The normalized spacial score (nSPS) is 15.4. The first-order valence-electron chi connectivity index (χ1n) is 6.89. The molecule has 1 aliphatic rings. The van der Waals surface area contributed by atoms with Gasteiger partial charge in [0.05, 0.1) is 12.8 Å². The van der Waals surface area contributed by atoms with Gasteiger partial charge >= 0.3 is 5.97 Å². The van der Waals surface area contributed by atoms with Gasteiger partial charge in [0.2, 0.25) is 5.95 Å². The third-order valence-corrected chi connectivity index (χ3v) is 3.40. The summed E-state index contributed by atoms with van der Waals surface area (Å²) < 4.78 is 4.80. The molecule has 0 saturated carbocycles. The van der Waals surface area contributed by atoms with Gasteiger partial charge in [-0.25, -0.2) is 9.78 Å². The minimum atomic E-state index is -0.636. The van der Waals surface area contributed by atoms with Gasteiger partial charge in [0.25, 0.3) is 5.56 Å². The van der Waals surface area contributed by atoms with Crippen LogP contribution in [0.15, 0.2) is 11.0 Å². The van der Waals surface area contributed by atoms with Crippen molar-refractivity contribution in [3.8, 4) is 0 Å². The SMILES string of the molecule is CCOC(=O)c1cnc(N2CCN(CC)CC2)[nH]c1=O.Cl. The number of anilines is 1. The Hall–Kier alpha value is -1.60. The highest BCUT2D eigenvalue weighted by Crippen LogP contribution is 2.09. The lowest BCUT2D eigenvalue weighted by Gasteiger charge is -2.34. The van der Waals surface area contributed by atoms with E-state index in [9.17, 15) is 9.59 Å². The molecule has 1 saturated heterocycles. The molecule has 2 heterocycles. The van der Waals surface area contributed by atoms with E-state index in [1.807, 2.05) is 4.90 Å². The number of rotatable bonds is 4. The summed E-state index contributed by atoms with van der Waals surface area (Å²) in [7, 11) is 0. The number of hydrogen-bond acceptors (Lipinski definition) is 6. The number of aromatic amines is 1. The van der Waals surface area contributed by atoms with Crippen LogP contribution in [0.3, 0.4) is 0 Å². The van der Waals surface area contributed by atoms with Crippen LogP contribution < -0.4 is 10.5 Å². The molecule has 2 rings (SSSR count). The lowest BCUT2D eigenvalue weighted by Crippen LogP contribution is -2.47. The average Bonchev–Trinajstić information content (AvgIpc) is 2.47. The van der Waals surface area contributed by atoms with Crippen LogP contribution in [0.2, 0.25) is 0 Å². The Balaban J connectivity index is 0.00000220. The first kappa shape index (κ1) is 17.5. The lowest BCUT2D eigenvalue weighted by atomic mass is 10.3. The minimum Gasteiger partial charge on any atom is -0.462 e. The molecular formula is C13H21ClN4O3. The van der Waals surface area contributed by atoms with Gasteiger partial charge in [-0.2, -0.15) is 0 Å². The zero-order chi connectivity index (χ0) is 14.5. The number of halogens is 1. The van der Waals surface area contributed by atoms with E-state index in [1.165, 1.54) is 6.20 Å². The molecule has 0 spiro atoms. The van der Waals surface area contributed by atoms with Crippen LogP contribution in [0.4, 0.5) is 5.95 Å². The van der Waals surface area contributed by atoms with Crippen molar-refractivity contribution in [2.45, 2.75) is 13.8 Å². The van der Waals surface area contributed by atoms with E-state index >= 15 is 0 Å². The second kappa shape index (κ2) is 7.99. The molecule has 1 aromatic heterocycles. The topological polar surface area (TPSA) is 78.5 Å². The first-order valence-corrected chi connectivity index (χ1v) is 6.89. The molecule has 1 aromatic rings. The summed E-state index contributed by atoms with van der Waals surface area (Å²) in [6, 6.07) is 0. The predicted molar refractivity (Wildman–Crippen MR) is 82.4 cm³/mol. The maximum atomic E-state index is 11.9. The maximum Gasteiger partial charge on any atom is 0.345 e. The van der Waals surface area contributed by atoms with Gasteiger partial charge < -0.3 is 14.5 Å². The molecule has 118 valence electrons. The number of likely N-dealkylation sites (N-methyl/N-ethyl adjacent to an activating group) is 1. The molecule has 0 atom stereocenters. The average molecular weight is 317 g/mol. The fourth-order valence-electron chi connectivity index (χ4n) is 2.18. The summed E-state index contributed by atoms with van der Waals surface area (Å²) in [5, 5.41) is 0. The van der Waals surface area contributed by atoms with Crippen molar-refractivity contribution < 1.29 is 9.53 Å². The van der Waals surface area contributed by atoms with E-state index in [-0.39, 0.29) is 24.6 Å². The Morgan fingerprint density at radius 2 is 2.00 bits per heavy atom. The number of nitrogens with zero attached hydrogens (tertiary/aromatic N) is 3. The van der Waals surface area contributed by atoms with E-state index in [2.05, 4.69) is 21.8 Å². The molecule has 8 heteroatoms. The Bertz CT molecular complexity index is 526. The zero-order valence-corrected chi connectivity index (χ0v) is 13.1. The molecular weight excluding hydrogens is 296 g/mol. The lowest BCUT2D eigenvalue weighted by molar-refractivity contribution is 0.0523. The van der Waals surface area contributed by atoms with Gasteiger partial charge in [0.15, 0.2) is 0 Å². The van der Waals surface area contributed by atoms with Gasteiger partial charge in [0.1, 0.15) is 5.56 Å². The van der Waals surface area contributed by atoms with Crippen LogP contribution in [0, 0.1) is 0 Å². The smallest absolute Gasteiger partial charge is 0.345 e. The van der Waals surface area contributed by atoms with E-state index in [0.29, 0.717) is 5.95 Å². The Morgan fingerprint density at radius 1 is 1.33 bits per heavy atom. The van der Waals surface area contributed by atoms with Crippen molar-refractivity contribution in [3.63, 3.8) is 0 Å². The standard InChI is InChI=1S/C13H20N4O3.ClH/c1-3-16-5-7-17(8-6-16)13-14-9-10(11(18)15-13)12(19)20-4-2;/h9H,3-8H2,1-2H3,(H,14,15,18);1H. The van der Waals surface area contributed by atoms with Crippen molar-refractivity contribution in [1.82, 2.24) is 14.9 Å². The molecule has 21 heavy (non-hydrogen) atoms. The first-order chi connectivity index (χ1) is 9.65. The van der Waals surface area contributed by atoms with Crippen molar-refractivity contribution in [2.75, 3.05) is 44.2 Å². The molecule has 0 aliphatic carbocycles. The molecule has 0 radical (unpaired) electrons. The van der Waals surface area contributed by atoms with Gasteiger partial charge in [-0.15, -0.1) is 12.4 Å². The quantitative estimate of drug-likeness (QED) is 0.816. The number of carbonyl (C=O) groups is 1. The van der Waals surface area contributed by atoms with Crippen LogP contribution in [0.25, 0.3) is 0 Å². The van der Waals surface area contributed by atoms with E-state index in [4.69, 9.17) is 4.74 Å². The number of ether oxygens (including phenoxy) is 1. The van der Waals surface area contributed by atoms with Crippen LogP contribution in [0.5, 0.6) is 0 Å².